The van der Waals surface area contributed by atoms with Crippen molar-refractivity contribution < 1.29 is 17.9 Å². The summed E-state index contributed by atoms with van der Waals surface area (Å²) in [5, 5.41) is 0. The summed E-state index contributed by atoms with van der Waals surface area (Å²) in [5.41, 5.74) is 0.100. The van der Waals surface area contributed by atoms with Crippen LogP contribution >= 0.6 is 0 Å². The van der Waals surface area contributed by atoms with E-state index in [1.165, 1.54) is 6.07 Å². The molecular weight excluding hydrogens is 309 g/mol. The van der Waals surface area contributed by atoms with Crippen molar-refractivity contribution in [2.75, 3.05) is 18.0 Å². The van der Waals surface area contributed by atoms with Gasteiger partial charge in [0.25, 0.3) is 0 Å². The van der Waals surface area contributed by atoms with Crippen molar-refractivity contribution in [2.45, 2.75) is 25.6 Å². The molecule has 1 saturated heterocycles. The molecule has 0 aliphatic carbocycles. The Kier molecular flexibility index (Phi) is 4.06. The zero-order chi connectivity index (χ0) is 16.4. The average Bonchev–Trinajstić information content (AvgIpc) is 2.50. The number of rotatable bonds is 4. The van der Waals surface area contributed by atoms with E-state index in [9.17, 15) is 13.2 Å². The van der Waals surface area contributed by atoms with Crippen molar-refractivity contribution in [3.05, 3.63) is 42.0 Å². The van der Waals surface area contributed by atoms with Crippen molar-refractivity contribution in [1.29, 1.82) is 0 Å². The van der Waals surface area contributed by atoms with Crippen molar-refractivity contribution in [3.63, 3.8) is 0 Å². The first kappa shape index (κ1) is 15.5. The van der Waals surface area contributed by atoms with E-state index in [-0.39, 0.29) is 11.9 Å². The summed E-state index contributed by atoms with van der Waals surface area (Å²) in [4.78, 5) is 13.7. The van der Waals surface area contributed by atoms with Gasteiger partial charge in [-0.25, -0.2) is 9.97 Å². The van der Waals surface area contributed by atoms with Gasteiger partial charge in [-0.15, -0.1) is 0 Å². The van der Waals surface area contributed by atoms with Crippen LogP contribution in [0.5, 0.6) is 5.75 Å². The standard InChI is InChI=1S/C15H15F3N4O/c1-2-10-6-20-14(21-7-10)22-8-12(9-22)23-11-3-4-19-13(5-11)15(16,17)18/h3-7,12H,2,8-9H2,1H3. The monoisotopic (exact) mass is 324 g/mol. The number of pyridine rings is 1. The highest BCUT2D eigenvalue weighted by Gasteiger charge is 2.34. The summed E-state index contributed by atoms with van der Waals surface area (Å²) >= 11 is 0. The minimum absolute atomic E-state index is 0.166. The number of anilines is 1. The lowest BCUT2D eigenvalue weighted by atomic mass is 10.2. The molecule has 0 spiro atoms. The second kappa shape index (κ2) is 6.02. The van der Waals surface area contributed by atoms with Gasteiger partial charge in [0.1, 0.15) is 17.5 Å². The van der Waals surface area contributed by atoms with Crippen molar-refractivity contribution in [1.82, 2.24) is 15.0 Å². The molecule has 0 radical (unpaired) electrons. The minimum Gasteiger partial charge on any atom is -0.487 e. The zero-order valence-corrected chi connectivity index (χ0v) is 12.4. The van der Waals surface area contributed by atoms with Gasteiger partial charge in [0.15, 0.2) is 0 Å². The number of nitrogens with zero attached hydrogens (tertiary/aromatic N) is 4. The van der Waals surface area contributed by atoms with Crippen LogP contribution in [0, 0.1) is 0 Å². The molecule has 5 nitrogen and oxygen atoms in total. The lowest BCUT2D eigenvalue weighted by molar-refractivity contribution is -0.141. The van der Waals surface area contributed by atoms with E-state index in [1.807, 2.05) is 11.8 Å². The van der Waals surface area contributed by atoms with E-state index < -0.39 is 11.9 Å². The maximum atomic E-state index is 12.6. The summed E-state index contributed by atoms with van der Waals surface area (Å²) < 4.78 is 43.4. The third-order valence-electron chi connectivity index (χ3n) is 3.56. The molecule has 122 valence electrons. The van der Waals surface area contributed by atoms with Crippen LogP contribution in [0.4, 0.5) is 19.1 Å². The predicted octanol–water partition coefficient (Wildman–Crippen LogP) is 2.72. The highest BCUT2D eigenvalue weighted by molar-refractivity contribution is 5.35. The highest BCUT2D eigenvalue weighted by Crippen LogP contribution is 2.30. The van der Waals surface area contributed by atoms with Crippen LogP contribution in [0.3, 0.4) is 0 Å². The smallest absolute Gasteiger partial charge is 0.433 e. The topological polar surface area (TPSA) is 51.1 Å². The van der Waals surface area contributed by atoms with Crippen LogP contribution in [-0.4, -0.2) is 34.1 Å². The molecule has 8 heteroatoms. The number of hydrogen-bond donors (Lipinski definition) is 0. The first-order valence-corrected chi connectivity index (χ1v) is 7.21. The van der Waals surface area contributed by atoms with Crippen LogP contribution in [0.15, 0.2) is 30.7 Å². The highest BCUT2D eigenvalue weighted by atomic mass is 19.4. The lowest BCUT2D eigenvalue weighted by Gasteiger charge is -2.38. The average molecular weight is 324 g/mol. The molecule has 0 saturated carbocycles. The first-order chi connectivity index (χ1) is 11.0. The Bertz CT molecular complexity index is 669. The van der Waals surface area contributed by atoms with Gasteiger partial charge in [0, 0.05) is 24.7 Å². The number of ether oxygens (including phenoxy) is 1. The third kappa shape index (κ3) is 3.52. The fourth-order valence-electron chi connectivity index (χ4n) is 2.20. The largest absolute Gasteiger partial charge is 0.487 e. The number of aryl methyl sites for hydroxylation is 1. The molecule has 1 aliphatic heterocycles. The summed E-state index contributed by atoms with van der Waals surface area (Å²) in [6.45, 7) is 3.10. The number of halogens is 3. The second-order valence-corrected chi connectivity index (χ2v) is 5.26. The van der Waals surface area contributed by atoms with E-state index in [0.717, 1.165) is 24.2 Å². The summed E-state index contributed by atoms with van der Waals surface area (Å²) in [7, 11) is 0. The fraction of sp³-hybridized carbons (Fsp3) is 0.400. The van der Waals surface area contributed by atoms with Crippen LogP contribution in [0.25, 0.3) is 0 Å². The number of alkyl halides is 3. The van der Waals surface area contributed by atoms with Crippen molar-refractivity contribution in [2.24, 2.45) is 0 Å². The fourth-order valence-corrected chi connectivity index (χ4v) is 2.20. The Balaban J connectivity index is 1.58. The second-order valence-electron chi connectivity index (χ2n) is 5.26. The molecule has 3 heterocycles. The third-order valence-corrected chi connectivity index (χ3v) is 3.56. The number of hydrogen-bond acceptors (Lipinski definition) is 5. The molecule has 0 atom stereocenters. The molecule has 0 bridgehead atoms. The molecule has 1 fully saturated rings. The van der Waals surface area contributed by atoms with Gasteiger partial charge < -0.3 is 9.64 Å². The maximum Gasteiger partial charge on any atom is 0.433 e. The van der Waals surface area contributed by atoms with Gasteiger partial charge in [-0.1, -0.05) is 6.92 Å². The van der Waals surface area contributed by atoms with E-state index in [2.05, 4.69) is 15.0 Å². The quantitative estimate of drug-likeness (QED) is 0.865. The van der Waals surface area contributed by atoms with Crippen LogP contribution in [0.2, 0.25) is 0 Å². The lowest BCUT2D eigenvalue weighted by Crippen LogP contribution is -2.54. The molecule has 0 unspecified atom stereocenters. The zero-order valence-electron chi connectivity index (χ0n) is 12.4. The van der Waals surface area contributed by atoms with Gasteiger partial charge in [0.05, 0.1) is 13.1 Å². The molecule has 0 N–H and O–H groups in total. The van der Waals surface area contributed by atoms with Crippen LogP contribution in [-0.2, 0) is 12.6 Å². The van der Waals surface area contributed by atoms with Crippen LogP contribution in [0.1, 0.15) is 18.2 Å². The molecule has 0 aromatic carbocycles. The molecule has 23 heavy (non-hydrogen) atoms. The Morgan fingerprint density at radius 2 is 1.91 bits per heavy atom. The van der Waals surface area contributed by atoms with Gasteiger partial charge in [0.2, 0.25) is 5.95 Å². The molecule has 3 rings (SSSR count). The van der Waals surface area contributed by atoms with Gasteiger partial charge in [-0.2, -0.15) is 13.2 Å². The van der Waals surface area contributed by atoms with Gasteiger partial charge >= 0.3 is 6.18 Å². The Hall–Kier alpha value is -2.38. The minimum atomic E-state index is -4.47. The maximum absolute atomic E-state index is 12.6. The Morgan fingerprint density at radius 3 is 2.52 bits per heavy atom. The van der Waals surface area contributed by atoms with Crippen molar-refractivity contribution >= 4 is 5.95 Å². The van der Waals surface area contributed by atoms with Gasteiger partial charge in [-0.05, 0) is 18.1 Å². The Morgan fingerprint density at radius 1 is 1.22 bits per heavy atom. The summed E-state index contributed by atoms with van der Waals surface area (Å²) in [6, 6.07) is 2.33. The SMILES string of the molecule is CCc1cnc(N2CC(Oc3ccnc(C(F)(F)F)c3)C2)nc1. The molecule has 0 amide bonds. The van der Waals surface area contributed by atoms with E-state index in [4.69, 9.17) is 4.74 Å². The number of aromatic nitrogens is 3. The first-order valence-electron chi connectivity index (χ1n) is 7.21. The van der Waals surface area contributed by atoms with Crippen LogP contribution < -0.4 is 9.64 Å². The van der Waals surface area contributed by atoms with E-state index in [0.29, 0.717) is 19.0 Å². The van der Waals surface area contributed by atoms with E-state index >= 15 is 0 Å². The van der Waals surface area contributed by atoms with Crippen molar-refractivity contribution in [3.8, 4) is 5.75 Å². The predicted molar refractivity (Wildman–Crippen MR) is 77.3 cm³/mol. The normalized spacial score (nSPS) is 15.4. The summed E-state index contributed by atoms with van der Waals surface area (Å²) in [5.74, 6) is 0.770. The van der Waals surface area contributed by atoms with Gasteiger partial charge in [-0.3, -0.25) is 4.98 Å². The molecule has 2 aromatic rings. The molecule has 1 aliphatic rings. The summed E-state index contributed by atoms with van der Waals surface area (Å²) in [6.07, 6.45) is 0.855. The molecule has 2 aromatic heterocycles. The Labute approximate surface area is 131 Å². The molecular formula is C15H15F3N4O. The van der Waals surface area contributed by atoms with E-state index in [1.54, 1.807) is 12.4 Å².